The Morgan fingerprint density at radius 3 is 2.48 bits per heavy atom. The summed E-state index contributed by atoms with van der Waals surface area (Å²) in [5.74, 6) is -0.0881. The summed E-state index contributed by atoms with van der Waals surface area (Å²) in [6, 6.07) is 4.61. The van der Waals surface area contributed by atoms with Crippen LogP contribution in [0.5, 0.6) is 0 Å². The molecule has 2 N–H and O–H groups in total. The largest absolute Gasteiger partial charge is 0.338 e. The summed E-state index contributed by atoms with van der Waals surface area (Å²) in [4.78, 5) is 38.7. The number of carbonyl (C=O) groups excluding carboxylic acids is 3. The lowest BCUT2D eigenvalue weighted by molar-refractivity contribution is 0.0549. The zero-order chi connectivity index (χ0) is 18.0. The highest BCUT2D eigenvalue weighted by Crippen LogP contribution is 2.32. The van der Waals surface area contributed by atoms with E-state index >= 15 is 0 Å². The van der Waals surface area contributed by atoms with Crippen molar-refractivity contribution >= 4 is 23.5 Å². The van der Waals surface area contributed by atoms with Crippen molar-refractivity contribution in [3.63, 3.8) is 0 Å². The van der Waals surface area contributed by atoms with Crippen LogP contribution in [0.15, 0.2) is 18.2 Å². The fourth-order valence-electron chi connectivity index (χ4n) is 3.48. The van der Waals surface area contributed by atoms with E-state index in [0.717, 1.165) is 25.7 Å². The summed E-state index contributed by atoms with van der Waals surface area (Å²) < 4.78 is 0. The Morgan fingerprint density at radius 2 is 1.80 bits per heavy atom. The molecular formula is C19H25N3O3. The van der Waals surface area contributed by atoms with Crippen LogP contribution in [0.2, 0.25) is 0 Å². The predicted molar refractivity (Wildman–Crippen MR) is 95.7 cm³/mol. The van der Waals surface area contributed by atoms with E-state index in [9.17, 15) is 14.4 Å². The fraction of sp³-hybridized carbons (Fsp3) is 0.526. The first-order valence-corrected chi connectivity index (χ1v) is 9.04. The molecule has 1 saturated carbocycles. The molecule has 0 aromatic heterocycles. The summed E-state index contributed by atoms with van der Waals surface area (Å²) >= 11 is 0. The van der Waals surface area contributed by atoms with Crippen LogP contribution in [-0.4, -0.2) is 35.3 Å². The SMILES string of the molecule is CC(C)CNC(=O)Nc1ccc2c(c1)C(=O)N(C1CCCCC1)C2=O. The average molecular weight is 343 g/mol. The second-order valence-corrected chi connectivity index (χ2v) is 7.26. The number of fused-ring (bicyclic) bond motifs is 1. The topological polar surface area (TPSA) is 78.5 Å². The summed E-state index contributed by atoms with van der Waals surface area (Å²) in [6.45, 7) is 4.60. The fourth-order valence-corrected chi connectivity index (χ4v) is 3.48. The van der Waals surface area contributed by atoms with Gasteiger partial charge < -0.3 is 10.6 Å². The highest BCUT2D eigenvalue weighted by Gasteiger charge is 2.40. The van der Waals surface area contributed by atoms with Gasteiger partial charge in [0.15, 0.2) is 0 Å². The molecule has 0 saturated heterocycles. The molecule has 1 aromatic rings. The third-order valence-electron chi connectivity index (χ3n) is 4.79. The zero-order valence-electron chi connectivity index (χ0n) is 14.8. The molecule has 1 aliphatic carbocycles. The zero-order valence-corrected chi connectivity index (χ0v) is 14.8. The third-order valence-corrected chi connectivity index (χ3v) is 4.79. The van der Waals surface area contributed by atoms with Gasteiger partial charge in [0.25, 0.3) is 11.8 Å². The van der Waals surface area contributed by atoms with Crippen LogP contribution >= 0.6 is 0 Å². The van der Waals surface area contributed by atoms with Crippen molar-refractivity contribution in [1.82, 2.24) is 10.2 Å². The molecule has 1 fully saturated rings. The summed E-state index contributed by atoms with van der Waals surface area (Å²) in [5.41, 5.74) is 1.34. The Kier molecular flexibility index (Phi) is 5.06. The van der Waals surface area contributed by atoms with Gasteiger partial charge in [0.1, 0.15) is 0 Å². The highest BCUT2D eigenvalue weighted by molar-refractivity contribution is 6.22. The first-order valence-electron chi connectivity index (χ1n) is 9.04. The molecule has 6 nitrogen and oxygen atoms in total. The normalized spacial score (nSPS) is 17.8. The molecule has 2 aliphatic rings. The van der Waals surface area contributed by atoms with E-state index in [4.69, 9.17) is 0 Å². The molecule has 134 valence electrons. The van der Waals surface area contributed by atoms with Crippen molar-refractivity contribution < 1.29 is 14.4 Å². The highest BCUT2D eigenvalue weighted by atomic mass is 16.2. The number of nitrogens with one attached hydrogen (secondary N) is 2. The summed E-state index contributed by atoms with van der Waals surface area (Å²) in [6.07, 6.45) is 5.05. The van der Waals surface area contributed by atoms with E-state index < -0.39 is 0 Å². The molecule has 4 amide bonds. The van der Waals surface area contributed by atoms with E-state index in [0.29, 0.717) is 29.3 Å². The molecule has 0 spiro atoms. The maximum absolute atomic E-state index is 12.7. The molecule has 1 aromatic carbocycles. The lowest BCUT2D eigenvalue weighted by atomic mass is 9.94. The number of carbonyl (C=O) groups is 3. The monoisotopic (exact) mass is 343 g/mol. The van der Waals surface area contributed by atoms with E-state index in [1.807, 2.05) is 13.8 Å². The van der Waals surface area contributed by atoms with E-state index in [1.165, 1.54) is 11.3 Å². The number of amides is 4. The van der Waals surface area contributed by atoms with Gasteiger partial charge >= 0.3 is 6.03 Å². The van der Waals surface area contributed by atoms with Gasteiger partial charge in [-0.15, -0.1) is 0 Å². The minimum atomic E-state index is -0.311. The molecule has 1 heterocycles. The molecular weight excluding hydrogens is 318 g/mol. The molecule has 0 atom stereocenters. The van der Waals surface area contributed by atoms with Crippen molar-refractivity contribution in [1.29, 1.82) is 0 Å². The van der Waals surface area contributed by atoms with Crippen molar-refractivity contribution in [3.8, 4) is 0 Å². The van der Waals surface area contributed by atoms with Crippen LogP contribution in [0.1, 0.15) is 66.7 Å². The van der Waals surface area contributed by atoms with Crippen molar-refractivity contribution in [2.45, 2.75) is 52.0 Å². The maximum Gasteiger partial charge on any atom is 0.319 e. The minimum absolute atomic E-state index is 0.00639. The van der Waals surface area contributed by atoms with Crippen LogP contribution in [0, 0.1) is 5.92 Å². The smallest absolute Gasteiger partial charge is 0.319 e. The van der Waals surface area contributed by atoms with Gasteiger partial charge in [0.05, 0.1) is 11.1 Å². The van der Waals surface area contributed by atoms with Crippen LogP contribution in [-0.2, 0) is 0 Å². The Labute approximate surface area is 148 Å². The Balaban J connectivity index is 1.73. The number of imide groups is 1. The minimum Gasteiger partial charge on any atom is -0.338 e. The lowest BCUT2D eigenvalue weighted by Crippen LogP contribution is -2.40. The first kappa shape index (κ1) is 17.5. The third kappa shape index (κ3) is 3.67. The van der Waals surface area contributed by atoms with Gasteiger partial charge in [0.2, 0.25) is 0 Å². The molecule has 25 heavy (non-hydrogen) atoms. The quantitative estimate of drug-likeness (QED) is 0.823. The van der Waals surface area contributed by atoms with E-state index in [2.05, 4.69) is 10.6 Å². The Bertz CT molecular complexity index is 693. The van der Waals surface area contributed by atoms with Crippen LogP contribution < -0.4 is 10.6 Å². The van der Waals surface area contributed by atoms with Crippen LogP contribution in [0.25, 0.3) is 0 Å². The van der Waals surface area contributed by atoms with Gasteiger partial charge in [-0.3, -0.25) is 14.5 Å². The first-order chi connectivity index (χ1) is 12.0. The van der Waals surface area contributed by atoms with Crippen molar-refractivity contribution in [2.24, 2.45) is 5.92 Å². The second-order valence-electron chi connectivity index (χ2n) is 7.26. The molecule has 0 bridgehead atoms. The number of hydrogen-bond donors (Lipinski definition) is 2. The number of rotatable bonds is 4. The van der Waals surface area contributed by atoms with Crippen molar-refractivity contribution in [2.75, 3.05) is 11.9 Å². The summed E-state index contributed by atoms with van der Waals surface area (Å²) in [5, 5.41) is 5.49. The Hall–Kier alpha value is -2.37. The molecule has 1 aliphatic heterocycles. The van der Waals surface area contributed by atoms with Crippen LogP contribution in [0.4, 0.5) is 10.5 Å². The van der Waals surface area contributed by atoms with Gasteiger partial charge in [-0.1, -0.05) is 33.1 Å². The number of hydrogen-bond acceptors (Lipinski definition) is 3. The molecule has 3 rings (SSSR count). The number of benzene rings is 1. The van der Waals surface area contributed by atoms with Gasteiger partial charge in [-0.25, -0.2) is 4.79 Å². The van der Waals surface area contributed by atoms with Gasteiger partial charge in [-0.2, -0.15) is 0 Å². The molecule has 0 unspecified atom stereocenters. The molecule has 6 heteroatoms. The predicted octanol–water partition coefficient (Wildman–Crippen LogP) is 3.39. The van der Waals surface area contributed by atoms with E-state index in [1.54, 1.807) is 18.2 Å². The summed E-state index contributed by atoms with van der Waals surface area (Å²) in [7, 11) is 0. The maximum atomic E-state index is 12.7. The van der Waals surface area contributed by atoms with Gasteiger partial charge in [0, 0.05) is 18.3 Å². The second kappa shape index (κ2) is 7.25. The molecule has 0 radical (unpaired) electrons. The van der Waals surface area contributed by atoms with E-state index in [-0.39, 0.29) is 23.9 Å². The standard InChI is InChI=1S/C19H25N3O3/c1-12(2)11-20-19(25)21-13-8-9-15-16(10-13)18(24)22(17(15)23)14-6-4-3-5-7-14/h8-10,12,14H,3-7,11H2,1-2H3,(H2,20,21,25). The number of urea groups is 1. The van der Waals surface area contributed by atoms with Crippen molar-refractivity contribution in [3.05, 3.63) is 29.3 Å². The Morgan fingerprint density at radius 1 is 1.12 bits per heavy atom. The number of nitrogens with zero attached hydrogens (tertiary/aromatic N) is 1. The average Bonchev–Trinajstić information content (AvgIpc) is 2.84. The lowest BCUT2D eigenvalue weighted by Gasteiger charge is -2.29. The van der Waals surface area contributed by atoms with Gasteiger partial charge in [-0.05, 0) is 37.0 Å². The number of anilines is 1. The van der Waals surface area contributed by atoms with Crippen LogP contribution in [0.3, 0.4) is 0 Å².